The van der Waals surface area contributed by atoms with Crippen molar-refractivity contribution in [2.45, 2.75) is 31.1 Å². The molecular formula is C24H27BN2O5S. The highest BCUT2D eigenvalue weighted by atomic mass is 32.2. The van der Waals surface area contributed by atoms with Crippen LogP contribution in [0.25, 0.3) is 0 Å². The molecule has 0 aliphatic heterocycles. The maximum absolute atomic E-state index is 13.3. The van der Waals surface area contributed by atoms with Crippen LogP contribution in [0.3, 0.4) is 0 Å². The fourth-order valence-electron chi connectivity index (χ4n) is 3.55. The molecular weight excluding hydrogens is 439 g/mol. The number of nitrogens with zero attached hydrogens (tertiary/aromatic N) is 1. The summed E-state index contributed by atoms with van der Waals surface area (Å²) in [5.41, 5.74) is 3.22. The molecule has 0 aliphatic carbocycles. The van der Waals surface area contributed by atoms with Crippen molar-refractivity contribution < 1.29 is 23.3 Å². The number of para-hydroxylation sites is 1. The lowest BCUT2D eigenvalue weighted by atomic mass is 9.75. The lowest BCUT2D eigenvalue weighted by Gasteiger charge is -2.26. The van der Waals surface area contributed by atoms with Crippen molar-refractivity contribution in [2.24, 2.45) is 0 Å². The summed E-state index contributed by atoms with van der Waals surface area (Å²) in [6, 6.07) is 21.9. The van der Waals surface area contributed by atoms with Gasteiger partial charge >= 0.3 is 7.12 Å². The molecule has 0 saturated carbocycles. The van der Waals surface area contributed by atoms with Gasteiger partial charge in [0.2, 0.25) is 5.91 Å². The number of anilines is 1. The van der Waals surface area contributed by atoms with Gasteiger partial charge in [-0.05, 0) is 55.7 Å². The molecule has 0 radical (unpaired) electrons. The third-order valence-corrected chi connectivity index (χ3v) is 7.09. The lowest BCUT2D eigenvalue weighted by molar-refractivity contribution is -0.120. The van der Waals surface area contributed by atoms with Gasteiger partial charge in [0.1, 0.15) is 6.54 Å². The van der Waals surface area contributed by atoms with Crippen molar-refractivity contribution in [2.75, 3.05) is 10.8 Å². The summed E-state index contributed by atoms with van der Waals surface area (Å²) < 4.78 is 27.6. The molecule has 3 aromatic carbocycles. The third-order valence-electron chi connectivity index (χ3n) is 5.31. The van der Waals surface area contributed by atoms with Crippen molar-refractivity contribution in [1.82, 2.24) is 5.32 Å². The highest BCUT2D eigenvalue weighted by molar-refractivity contribution is 7.92. The molecule has 0 aromatic heterocycles. The van der Waals surface area contributed by atoms with Gasteiger partial charge in [0.05, 0.1) is 16.5 Å². The molecule has 0 unspecified atom stereocenters. The smallest absolute Gasteiger partial charge is 0.426 e. The molecule has 3 aromatic rings. The standard InChI is InChI=1S/C24H27BN2O5S/c1-18-13-14-20(19(2)15-18)16-23(25(29)30)26-24(28)17-27(21-9-5-3-6-10-21)33(31,32)22-11-7-4-8-12-22/h3-15,23,29-30H,16-17H2,1-2H3,(H,26,28)/t23-/m0/s1. The minimum atomic E-state index is -4.03. The Balaban J connectivity index is 1.84. The summed E-state index contributed by atoms with van der Waals surface area (Å²) >= 11 is 0. The van der Waals surface area contributed by atoms with Crippen LogP contribution >= 0.6 is 0 Å². The van der Waals surface area contributed by atoms with Gasteiger partial charge < -0.3 is 15.4 Å². The second-order valence-electron chi connectivity index (χ2n) is 7.88. The molecule has 3 N–H and O–H groups in total. The first-order valence-electron chi connectivity index (χ1n) is 10.5. The maximum Gasteiger partial charge on any atom is 0.475 e. The van der Waals surface area contributed by atoms with E-state index in [0.29, 0.717) is 5.69 Å². The first-order valence-corrected chi connectivity index (χ1v) is 12.0. The Bertz CT molecular complexity index is 1190. The molecule has 172 valence electrons. The highest BCUT2D eigenvalue weighted by Crippen LogP contribution is 2.23. The minimum absolute atomic E-state index is 0.0516. The van der Waals surface area contributed by atoms with Gasteiger partial charge in [-0.25, -0.2) is 8.42 Å². The van der Waals surface area contributed by atoms with Crippen LogP contribution in [0.1, 0.15) is 16.7 Å². The summed E-state index contributed by atoms with van der Waals surface area (Å²) in [7, 11) is -5.84. The molecule has 0 fully saturated rings. The number of sulfonamides is 1. The third kappa shape index (κ3) is 6.22. The molecule has 0 bridgehead atoms. The van der Waals surface area contributed by atoms with Crippen LogP contribution in [-0.4, -0.2) is 44.0 Å². The maximum atomic E-state index is 13.3. The van der Waals surface area contributed by atoms with E-state index in [4.69, 9.17) is 0 Å². The number of amides is 1. The Labute approximate surface area is 194 Å². The summed E-state index contributed by atoms with van der Waals surface area (Å²) in [6.45, 7) is 3.36. The van der Waals surface area contributed by atoms with E-state index in [9.17, 15) is 23.3 Å². The quantitative estimate of drug-likeness (QED) is 0.420. The van der Waals surface area contributed by atoms with Crippen LogP contribution in [0.15, 0.2) is 83.8 Å². The Kier molecular flexibility index (Phi) is 7.91. The fourth-order valence-corrected chi connectivity index (χ4v) is 5.00. The van der Waals surface area contributed by atoms with Gasteiger partial charge in [-0.3, -0.25) is 9.10 Å². The zero-order valence-corrected chi connectivity index (χ0v) is 19.4. The van der Waals surface area contributed by atoms with Crippen molar-refractivity contribution in [3.63, 3.8) is 0 Å². The Morgan fingerprint density at radius 3 is 2.15 bits per heavy atom. The zero-order chi connectivity index (χ0) is 24.0. The van der Waals surface area contributed by atoms with Crippen molar-refractivity contribution in [3.8, 4) is 0 Å². The molecule has 9 heteroatoms. The number of rotatable bonds is 9. The minimum Gasteiger partial charge on any atom is -0.426 e. The highest BCUT2D eigenvalue weighted by Gasteiger charge is 2.30. The van der Waals surface area contributed by atoms with Crippen molar-refractivity contribution in [3.05, 3.63) is 95.6 Å². The number of benzene rings is 3. The van der Waals surface area contributed by atoms with E-state index >= 15 is 0 Å². The van der Waals surface area contributed by atoms with E-state index < -0.39 is 35.5 Å². The summed E-state index contributed by atoms with van der Waals surface area (Å²) in [5.74, 6) is -1.66. The average Bonchev–Trinajstić information content (AvgIpc) is 2.79. The van der Waals surface area contributed by atoms with E-state index in [2.05, 4.69) is 5.32 Å². The fraction of sp³-hybridized carbons (Fsp3) is 0.208. The topological polar surface area (TPSA) is 107 Å². The average molecular weight is 466 g/mol. The first-order chi connectivity index (χ1) is 15.7. The first kappa shape index (κ1) is 24.5. The largest absolute Gasteiger partial charge is 0.475 e. The van der Waals surface area contributed by atoms with Crippen LogP contribution in [-0.2, 0) is 21.2 Å². The van der Waals surface area contributed by atoms with Gasteiger partial charge in [0, 0.05) is 0 Å². The molecule has 7 nitrogen and oxygen atoms in total. The predicted octanol–water partition coefficient (Wildman–Crippen LogP) is 2.24. The van der Waals surface area contributed by atoms with E-state index in [0.717, 1.165) is 21.0 Å². The summed E-state index contributed by atoms with van der Waals surface area (Å²) in [4.78, 5) is 13.0. The molecule has 0 saturated heterocycles. The Morgan fingerprint density at radius 2 is 1.58 bits per heavy atom. The monoisotopic (exact) mass is 466 g/mol. The molecule has 1 amide bonds. The molecule has 0 heterocycles. The number of hydrogen-bond acceptors (Lipinski definition) is 5. The van der Waals surface area contributed by atoms with E-state index in [1.165, 1.54) is 12.1 Å². The van der Waals surface area contributed by atoms with Gasteiger partial charge in [0.25, 0.3) is 10.0 Å². The Morgan fingerprint density at radius 1 is 0.970 bits per heavy atom. The van der Waals surface area contributed by atoms with Crippen molar-refractivity contribution >= 4 is 28.7 Å². The molecule has 0 aliphatic rings. The van der Waals surface area contributed by atoms with Crippen LogP contribution < -0.4 is 9.62 Å². The van der Waals surface area contributed by atoms with Crippen LogP contribution in [0, 0.1) is 13.8 Å². The number of carbonyl (C=O) groups is 1. The molecule has 0 spiro atoms. The molecule has 33 heavy (non-hydrogen) atoms. The second kappa shape index (κ2) is 10.7. The SMILES string of the molecule is Cc1ccc(C[C@H](NC(=O)CN(c2ccccc2)S(=O)(=O)c2ccccc2)B(O)O)c(C)c1. The van der Waals surface area contributed by atoms with Crippen LogP contribution in [0.2, 0.25) is 0 Å². The van der Waals surface area contributed by atoms with Gasteiger partial charge in [0.15, 0.2) is 0 Å². The predicted molar refractivity (Wildman–Crippen MR) is 129 cm³/mol. The number of carbonyl (C=O) groups excluding carboxylic acids is 1. The zero-order valence-electron chi connectivity index (χ0n) is 18.5. The second-order valence-corrected chi connectivity index (χ2v) is 9.74. The number of nitrogens with one attached hydrogen (secondary N) is 1. The molecule has 1 atom stereocenters. The van der Waals surface area contributed by atoms with E-state index in [1.54, 1.807) is 48.5 Å². The van der Waals surface area contributed by atoms with Gasteiger partial charge in [-0.1, -0.05) is 60.2 Å². The van der Waals surface area contributed by atoms with Crippen LogP contribution in [0.4, 0.5) is 5.69 Å². The Hall–Kier alpha value is -3.14. The molecule has 3 rings (SSSR count). The van der Waals surface area contributed by atoms with Gasteiger partial charge in [-0.15, -0.1) is 0 Å². The van der Waals surface area contributed by atoms with Gasteiger partial charge in [-0.2, -0.15) is 0 Å². The van der Waals surface area contributed by atoms with Crippen LogP contribution in [0.5, 0.6) is 0 Å². The number of hydrogen-bond donors (Lipinski definition) is 3. The van der Waals surface area contributed by atoms with E-state index in [-0.39, 0.29) is 11.3 Å². The summed E-state index contributed by atoms with van der Waals surface area (Å²) in [6.07, 6.45) is 0.187. The normalized spacial score (nSPS) is 12.1. The van der Waals surface area contributed by atoms with Crippen molar-refractivity contribution in [1.29, 1.82) is 0 Å². The van der Waals surface area contributed by atoms with E-state index in [1.807, 2.05) is 32.0 Å². The lowest BCUT2D eigenvalue weighted by Crippen LogP contribution is -2.51. The summed E-state index contributed by atoms with van der Waals surface area (Å²) in [5, 5.41) is 22.3. The number of aryl methyl sites for hydroxylation is 2.